The van der Waals surface area contributed by atoms with Crippen LogP contribution in [-0.4, -0.2) is 21.8 Å². The number of halogens is 3. The molecule has 0 aliphatic carbocycles. The summed E-state index contributed by atoms with van der Waals surface area (Å²) in [5.41, 5.74) is -0.407. The molecule has 1 heterocycles. The Balaban J connectivity index is 1.86. The number of amides is 1. The maximum Gasteiger partial charge on any atom is 0.234 e. The third-order valence-electron chi connectivity index (χ3n) is 2.34. The second-order valence-corrected chi connectivity index (χ2v) is 4.98. The number of benzene rings is 1. The van der Waals surface area contributed by atoms with Gasteiger partial charge in [-0.15, -0.1) is 11.8 Å². The van der Waals surface area contributed by atoms with Crippen molar-refractivity contribution < 1.29 is 22.5 Å². The zero-order valence-electron chi connectivity index (χ0n) is 10.8. The number of carbonyl (C=O) groups excluding carboxylic acids is 1. The smallest absolute Gasteiger partial charge is 0.234 e. The number of anilines is 1. The third-order valence-corrected chi connectivity index (χ3v) is 3.27. The molecule has 112 valence electrons. The largest absolute Gasteiger partial charge is 0.340 e. The van der Waals surface area contributed by atoms with E-state index in [4.69, 9.17) is 4.52 Å². The predicted molar refractivity (Wildman–Crippen MR) is 70.1 cm³/mol. The fourth-order valence-corrected chi connectivity index (χ4v) is 2.10. The Morgan fingerprint density at radius 2 is 2.10 bits per heavy atom. The van der Waals surface area contributed by atoms with Gasteiger partial charge in [-0.25, -0.2) is 13.2 Å². The van der Waals surface area contributed by atoms with Gasteiger partial charge in [0.1, 0.15) is 0 Å². The summed E-state index contributed by atoms with van der Waals surface area (Å²) in [4.78, 5) is 15.5. The molecule has 2 aromatic rings. The molecule has 5 nitrogen and oxygen atoms in total. The summed E-state index contributed by atoms with van der Waals surface area (Å²) in [6.07, 6.45) is 0. The Morgan fingerprint density at radius 3 is 2.76 bits per heavy atom. The summed E-state index contributed by atoms with van der Waals surface area (Å²) in [5, 5.41) is 5.81. The fourth-order valence-electron chi connectivity index (χ4n) is 1.44. The fraction of sp³-hybridized carbons (Fsp3) is 0.250. The highest BCUT2D eigenvalue weighted by Gasteiger charge is 2.15. The molecule has 21 heavy (non-hydrogen) atoms. The molecule has 1 aromatic carbocycles. The van der Waals surface area contributed by atoms with E-state index in [9.17, 15) is 18.0 Å². The topological polar surface area (TPSA) is 68.0 Å². The monoisotopic (exact) mass is 317 g/mol. The van der Waals surface area contributed by atoms with E-state index < -0.39 is 29.0 Å². The Bertz CT molecular complexity index is 663. The quantitative estimate of drug-likeness (QED) is 0.859. The molecular weight excluding hydrogens is 307 g/mol. The number of nitrogens with one attached hydrogen (secondary N) is 1. The lowest BCUT2D eigenvalue weighted by molar-refractivity contribution is -0.113. The van der Waals surface area contributed by atoms with Crippen LogP contribution < -0.4 is 5.32 Å². The van der Waals surface area contributed by atoms with Crippen molar-refractivity contribution in [3.8, 4) is 0 Å². The number of rotatable bonds is 5. The van der Waals surface area contributed by atoms with Gasteiger partial charge in [0.2, 0.25) is 11.8 Å². The highest BCUT2D eigenvalue weighted by molar-refractivity contribution is 7.99. The number of aryl methyl sites for hydroxylation is 1. The van der Waals surface area contributed by atoms with Crippen molar-refractivity contribution in [1.29, 1.82) is 0 Å². The number of aromatic nitrogens is 2. The average molecular weight is 317 g/mol. The number of thioether (sulfide) groups is 1. The number of hydrogen-bond donors (Lipinski definition) is 1. The summed E-state index contributed by atoms with van der Waals surface area (Å²) < 4.78 is 43.8. The van der Waals surface area contributed by atoms with Crippen LogP contribution >= 0.6 is 11.8 Å². The molecule has 0 aliphatic rings. The second-order valence-electron chi connectivity index (χ2n) is 3.99. The van der Waals surface area contributed by atoms with E-state index >= 15 is 0 Å². The predicted octanol–water partition coefficient (Wildman–Crippen LogP) is 2.67. The molecule has 2 rings (SSSR count). The van der Waals surface area contributed by atoms with Crippen LogP contribution in [0.15, 0.2) is 16.7 Å². The van der Waals surface area contributed by atoms with Crippen molar-refractivity contribution in [1.82, 2.24) is 10.1 Å². The van der Waals surface area contributed by atoms with Crippen LogP contribution in [0.1, 0.15) is 11.7 Å². The van der Waals surface area contributed by atoms with Crippen molar-refractivity contribution in [2.45, 2.75) is 12.7 Å². The zero-order chi connectivity index (χ0) is 15.4. The van der Waals surface area contributed by atoms with Crippen molar-refractivity contribution >= 4 is 23.4 Å². The van der Waals surface area contributed by atoms with Gasteiger partial charge in [0.05, 0.1) is 17.2 Å². The van der Waals surface area contributed by atoms with E-state index in [1.807, 2.05) is 0 Å². The summed E-state index contributed by atoms with van der Waals surface area (Å²) in [7, 11) is 0. The third kappa shape index (κ3) is 3.97. The van der Waals surface area contributed by atoms with E-state index in [0.717, 1.165) is 12.1 Å². The Kier molecular flexibility index (Phi) is 4.84. The van der Waals surface area contributed by atoms with Gasteiger partial charge in [-0.1, -0.05) is 5.16 Å². The van der Waals surface area contributed by atoms with Crippen LogP contribution in [-0.2, 0) is 10.5 Å². The molecule has 0 bridgehead atoms. The van der Waals surface area contributed by atoms with Gasteiger partial charge in [0.15, 0.2) is 23.3 Å². The minimum Gasteiger partial charge on any atom is -0.340 e. The molecule has 0 radical (unpaired) electrons. The minimum absolute atomic E-state index is 0.0218. The van der Waals surface area contributed by atoms with Crippen molar-refractivity contribution in [2.75, 3.05) is 11.1 Å². The van der Waals surface area contributed by atoms with Crippen LogP contribution in [0.5, 0.6) is 0 Å². The molecule has 0 saturated carbocycles. The highest BCUT2D eigenvalue weighted by Crippen LogP contribution is 2.20. The molecule has 1 amide bonds. The van der Waals surface area contributed by atoms with Crippen LogP contribution in [0.25, 0.3) is 0 Å². The first-order valence-electron chi connectivity index (χ1n) is 5.77. The summed E-state index contributed by atoms with van der Waals surface area (Å²) in [5.74, 6) is -3.75. The molecule has 0 unspecified atom stereocenters. The van der Waals surface area contributed by atoms with Crippen molar-refractivity contribution in [3.63, 3.8) is 0 Å². The van der Waals surface area contributed by atoms with Gasteiger partial charge >= 0.3 is 0 Å². The molecule has 0 atom stereocenters. The molecule has 0 spiro atoms. The van der Waals surface area contributed by atoms with Crippen LogP contribution in [0.3, 0.4) is 0 Å². The molecular formula is C12H10F3N3O2S. The van der Waals surface area contributed by atoms with Gasteiger partial charge in [-0.05, 0) is 12.1 Å². The lowest BCUT2D eigenvalue weighted by atomic mass is 10.3. The second kappa shape index (κ2) is 6.61. The van der Waals surface area contributed by atoms with Crippen LogP contribution in [0.4, 0.5) is 18.9 Å². The molecule has 1 N–H and O–H groups in total. The van der Waals surface area contributed by atoms with E-state index in [2.05, 4.69) is 15.5 Å². The van der Waals surface area contributed by atoms with E-state index in [-0.39, 0.29) is 5.75 Å². The molecule has 0 saturated heterocycles. The minimum atomic E-state index is -1.62. The number of hydrogen-bond acceptors (Lipinski definition) is 5. The average Bonchev–Trinajstić information content (AvgIpc) is 2.85. The molecule has 0 aliphatic heterocycles. The maximum absolute atomic E-state index is 13.3. The van der Waals surface area contributed by atoms with Gasteiger partial charge in [0.25, 0.3) is 0 Å². The highest BCUT2D eigenvalue weighted by atomic mass is 32.2. The van der Waals surface area contributed by atoms with E-state index in [1.165, 1.54) is 11.8 Å². The molecule has 0 fully saturated rings. The molecule has 9 heteroatoms. The Hall–Kier alpha value is -2.03. The first-order chi connectivity index (χ1) is 9.97. The standard InChI is InChI=1S/C12H10F3N3O2S/c1-6-16-9(18-20-6)4-21-5-10(19)17-8-3-2-7(13)11(14)12(8)15/h2-3H,4-5H2,1H3,(H,17,19). The van der Waals surface area contributed by atoms with E-state index in [0.29, 0.717) is 17.5 Å². The van der Waals surface area contributed by atoms with Crippen molar-refractivity contribution in [2.24, 2.45) is 0 Å². The number of carbonyl (C=O) groups is 1. The zero-order valence-corrected chi connectivity index (χ0v) is 11.6. The lowest BCUT2D eigenvalue weighted by Crippen LogP contribution is -2.16. The van der Waals surface area contributed by atoms with Gasteiger partial charge < -0.3 is 9.84 Å². The summed E-state index contributed by atoms with van der Waals surface area (Å²) in [6, 6.07) is 1.70. The molecule has 1 aromatic heterocycles. The van der Waals surface area contributed by atoms with Gasteiger partial charge in [-0.3, -0.25) is 4.79 Å². The van der Waals surface area contributed by atoms with E-state index in [1.54, 1.807) is 6.92 Å². The first kappa shape index (κ1) is 15.4. The Labute approximate surface area is 121 Å². The lowest BCUT2D eigenvalue weighted by Gasteiger charge is -2.06. The van der Waals surface area contributed by atoms with Gasteiger partial charge in [-0.2, -0.15) is 4.98 Å². The normalized spacial score (nSPS) is 10.7. The SMILES string of the molecule is Cc1nc(CSCC(=O)Nc2ccc(F)c(F)c2F)no1. The van der Waals surface area contributed by atoms with Crippen LogP contribution in [0, 0.1) is 24.4 Å². The number of nitrogens with zero attached hydrogens (tertiary/aromatic N) is 2. The first-order valence-corrected chi connectivity index (χ1v) is 6.93. The maximum atomic E-state index is 13.3. The summed E-state index contributed by atoms with van der Waals surface area (Å²) in [6.45, 7) is 1.64. The van der Waals surface area contributed by atoms with Crippen molar-refractivity contribution in [3.05, 3.63) is 41.3 Å². The Morgan fingerprint density at radius 1 is 1.33 bits per heavy atom. The van der Waals surface area contributed by atoms with Crippen LogP contribution in [0.2, 0.25) is 0 Å². The van der Waals surface area contributed by atoms with Gasteiger partial charge in [0, 0.05) is 6.92 Å². The summed E-state index contributed by atoms with van der Waals surface area (Å²) >= 11 is 1.17.